The minimum Gasteiger partial charge on any atom is -0.394 e. The van der Waals surface area contributed by atoms with Gasteiger partial charge < -0.3 is 40.3 Å². The molecule has 8 atom stereocenters. The third-order valence-electron chi connectivity index (χ3n) is 11.6. The first kappa shape index (κ1) is 57.6. The second-order valence-electron chi connectivity index (χ2n) is 17.2. The molecule has 0 aromatic carbocycles. The summed E-state index contributed by atoms with van der Waals surface area (Å²) in [5, 5.41) is 55.2. The highest BCUT2D eigenvalue weighted by molar-refractivity contribution is 7.80. The maximum absolute atomic E-state index is 13.1. The molecule has 61 heavy (non-hydrogen) atoms. The summed E-state index contributed by atoms with van der Waals surface area (Å²) < 4.78 is 47.5. The number of aliphatic hydroxyl groups is 5. The summed E-state index contributed by atoms with van der Waals surface area (Å²) in [5.41, 5.74) is 0. The third-order valence-corrected chi connectivity index (χ3v) is 12.1. The minimum absolute atomic E-state index is 0.240. The Morgan fingerprint density at radius 3 is 1.57 bits per heavy atom. The summed E-state index contributed by atoms with van der Waals surface area (Å²) in [7, 11) is -5.12. The van der Waals surface area contributed by atoms with E-state index in [1.807, 2.05) is 0 Å². The van der Waals surface area contributed by atoms with Crippen molar-refractivity contribution in [3.05, 3.63) is 24.3 Å². The van der Waals surface area contributed by atoms with Crippen LogP contribution in [0.5, 0.6) is 0 Å². The van der Waals surface area contributed by atoms with Crippen molar-refractivity contribution >= 4 is 16.3 Å². The monoisotopic (exact) mass is 892 g/mol. The van der Waals surface area contributed by atoms with Gasteiger partial charge in [-0.25, -0.2) is 4.18 Å². The quantitative estimate of drug-likeness (QED) is 0.0175. The molecular formula is C47H89NO12S. The molecule has 7 N–H and O–H groups in total. The topological polar surface area (TPSA) is 212 Å². The van der Waals surface area contributed by atoms with Crippen LogP contribution in [0.4, 0.5) is 0 Å². The van der Waals surface area contributed by atoms with E-state index in [0.29, 0.717) is 12.8 Å². The van der Waals surface area contributed by atoms with E-state index in [0.717, 1.165) is 38.5 Å². The van der Waals surface area contributed by atoms with Crippen molar-refractivity contribution in [2.45, 2.75) is 255 Å². The highest BCUT2D eigenvalue weighted by Crippen LogP contribution is 2.26. The number of carbonyl (C=O) groups excluding carboxylic acids is 1. The van der Waals surface area contributed by atoms with Crippen LogP contribution in [-0.4, -0.2) is 107 Å². The highest BCUT2D eigenvalue weighted by atomic mass is 32.3. The summed E-state index contributed by atoms with van der Waals surface area (Å²) in [4.78, 5) is 13.1. The van der Waals surface area contributed by atoms with E-state index >= 15 is 0 Å². The van der Waals surface area contributed by atoms with Gasteiger partial charge in [0.1, 0.15) is 30.5 Å². The van der Waals surface area contributed by atoms with Gasteiger partial charge in [-0.05, 0) is 32.1 Å². The van der Waals surface area contributed by atoms with Gasteiger partial charge in [0.2, 0.25) is 5.91 Å². The molecule has 13 nitrogen and oxygen atoms in total. The van der Waals surface area contributed by atoms with E-state index in [2.05, 4.69) is 35.5 Å². The van der Waals surface area contributed by atoms with Crippen molar-refractivity contribution in [1.82, 2.24) is 5.32 Å². The number of ether oxygens (including phenoxy) is 2. The van der Waals surface area contributed by atoms with E-state index in [1.54, 1.807) is 6.08 Å². The minimum atomic E-state index is -5.12. The van der Waals surface area contributed by atoms with Gasteiger partial charge in [0.05, 0.1) is 25.4 Å². The van der Waals surface area contributed by atoms with Crippen LogP contribution in [0.25, 0.3) is 0 Å². The van der Waals surface area contributed by atoms with E-state index in [1.165, 1.54) is 141 Å². The molecule has 1 aliphatic heterocycles. The molecular weight excluding hydrogens is 803 g/mol. The standard InChI is InChI=1S/C47H89NO12S/c1-3-5-7-9-11-13-15-17-19-20-21-22-24-25-27-29-31-33-35-40(50)39(38-58-47-44(53)45(60-61(55,56)57)43(52)42(37-49)59-47)48-46(54)41(51)36-34-32-30-28-26-23-18-16-14-12-10-8-6-4-2/h25,27,33,35,39-45,47,49-53H,3-24,26,28-32,34,36-38H2,1-2H3,(H,48,54)(H,55,56,57)/b27-25+,35-33+. The Morgan fingerprint density at radius 1 is 0.656 bits per heavy atom. The van der Waals surface area contributed by atoms with Gasteiger partial charge in [-0.3, -0.25) is 9.35 Å². The molecule has 0 bridgehead atoms. The number of hydrogen-bond acceptors (Lipinski definition) is 11. The fraction of sp³-hybridized carbons (Fsp3) is 0.894. The molecule has 0 aromatic heterocycles. The number of amides is 1. The number of unbranched alkanes of at least 4 members (excludes halogenated alkanes) is 26. The third kappa shape index (κ3) is 30.3. The average Bonchev–Trinajstić information content (AvgIpc) is 3.23. The van der Waals surface area contributed by atoms with E-state index in [9.17, 15) is 43.3 Å². The second kappa shape index (κ2) is 37.9. The molecule has 0 aliphatic carbocycles. The lowest BCUT2D eigenvalue weighted by molar-refractivity contribution is -0.298. The Balaban J connectivity index is 2.59. The first-order valence-electron chi connectivity index (χ1n) is 24.3. The van der Waals surface area contributed by atoms with Crippen LogP contribution in [0.15, 0.2) is 24.3 Å². The maximum atomic E-state index is 13.1. The number of carbonyl (C=O) groups is 1. The van der Waals surface area contributed by atoms with Crippen molar-refractivity contribution in [3.8, 4) is 0 Å². The van der Waals surface area contributed by atoms with Crippen molar-refractivity contribution in [2.24, 2.45) is 0 Å². The van der Waals surface area contributed by atoms with Crippen LogP contribution in [0.3, 0.4) is 0 Å². The Morgan fingerprint density at radius 2 is 1.10 bits per heavy atom. The van der Waals surface area contributed by atoms with Crippen LogP contribution < -0.4 is 5.32 Å². The smallest absolute Gasteiger partial charge is 0.394 e. The van der Waals surface area contributed by atoms with Gasteiger partial charge in [-0.2, -0.15) is 8.42 Å². The van der Waals surface area contributed by atoms with Crippen LogP contribution >= 0.6 is 0 Å². The number of nitrogens with one attached hydrogen (secondary N) is 1. The summed E-state index contributed by atoms with van der Waals surface area (Å²) >= 11 is 0. The zero-order chi connectivity index (χ0) is 45.0. The molecule has 14 heteroatoms. The number of rotatable bonds is 41. The Hall–Kier alpha value is -1.46. The van der Waals surface area contributed by atoms with Crippen molar-refractivity contribution in [2.75, 3.05) is 13.2 Å². The zero-order valence-electron chi connectivity index (χ0n) is 38.1. The summed E-state index contributed by atoms with van der Waals surface area (Å²) in [6.07, 6.45) is 31.2. The van der Waals surface area contributed by atoms with Crippen LogP contribution in [0.1, 0.15) is 206 Å². The van der Waals surface area contributed by atoms with Gasteiger partial charge in [0, 0.05) is 0 Å². The van der Waals surface area contributed by atoms with Crippen molar-refractivity contribution in [3.63, 3.8) is 0 Å². The fourth-order valence-corrected chi connectivity index (χ4v) is 8.22. The predicted octanol–water partition coefficient (Wildman–Crippen LogP) is 8.69. The largest absolute Gasteiger partial charge is 0.397 e. The molecule has 1 heterocycles. The molecule has 1 saturated heterocycles. The van der Waals surface area contributed by atoms with Gasteiger partial charge in [0.25, 0.3) is 0 Å². The van der Waals surface area contributed by atoms with Crippen molar-refractivity contribution in [1.29, 1.82) is 0 Å². The molecule has 360 valence electrons. The summed E-state index contributed by atoms with van der Waals surface area (Å²) in [6, 6.07) is -1.13. The molecule has 0 aromatic rings. The van der Waals surface area contributed by atoms with Crippen LogP contribution in [0.2, 0.25) is 0 Å². The zero-order valence-corrected chi connectivity index (χ0v) is 38.9. The van der Waals surface area contributed by atoms with Crippen molar-refractivity contribution < 1.29 is 57.0 Å². The molecule has 1 amide bonds. The Labute approximate surface area is 370 Å². The molecule has 1 rings (SSSR count). The molecule has 0 saturated carbocycles. The lowest BCUT2D eigenvalue weighted by atomic mass is 9.99. The molecule has 8 unspecified atom stereocenters. The Bertz CT molecular complexity index is 1200. The number of aliphatic hydroxyl groups excluding tert-OH is 5. The fourth-order valence-electron chi connectivity index (χ4n) is 7.71. The SMILES string of the molecule is CCCCCCCCCCCCCC/C=C/CC/C=C/C(O)C(COC1OC(CO)C(O)C(OS(=O)(=O)O)C1O)NC(=O)C(O)CCCCCCCCCCCCCCCC. The maximum Gasteiger partial charge on any atom is 0.397 e. The first-order chi connectivity index (χ1) is 29.4. The first-order valence-corrected chi connectivity index (χ1v) is 25.7. The van der Waals surface area contributed by atoms with E-state index in [4.69, 9.17) is 9.47 Å². The van der Waals surface area contributed by atoms with Gasteiger partial charge in [-0.15, -0.1) is 0 Å². The molecule has 0 spiro atoms. The highest BCUT2D eigenvalue weighted by Gasteiger charge is 2.48. The molecule has 1 aliphatic rings. The summed E-state index contributed by atoms with van der Waals surface area (Å²) in [5.74, 6) is -0.710. The summed E-state index contributed by atoms with van der Waals surface area (Å²) in [6.45, 7) is 3.21. The molecule has 1 fully saturated rings. The van der Waals surface area contributed by atoms with Gasteiger partial charge in [-0.1, -0.05) is 199 Å². The second-order valence-corrected chi connectivity index (χ2v) is 18.2. The lowest BCUT2D eigenvalue weighted by Gasteiger charge is -2.41. The average molecular weight is 892 g/mol. The number of hydrogen-bond donors (Lipinski definition) is 7. The normalized spacial score (nSPS) is 21.3. The van der Waals surface area contributed by atoms with Gasteiger partial charge >= 0.3 is 10.4 Å². The van der Waals surface area contributed by atoms with E-state index in [-0.39, 0.29) is 6.42 Å². The lowest BCUT2D eigenvalue weighted by Crippen LogP contribution is -2.61. The van der Waals surface area contributed by atoms with E-state index < -0.39 is 78.5 Å². The number of allylic oxidation sites excluding steroid dienone is 3. The molecule has 0 radical (unpaired) electrons. The predicted molar refractivity (Wildman–Crippen MR) is 242 cm³/mol. The Kier molecular flexibility index (Phi) is 35.7. The van der Waals surface area contributed by atoms with Crippen LogP contribution in [0, 0.1) is 0 Å². The van der Waals surface area contributed by atoms with Gasteiger partial charge in [0.15, 0.2) is 6.29 Å². The van der Waals surface area contributed by atoms with Crippen LogP contribution in [-0.2, 0) is 28.9 Å².